The third-order valence-electron chi connectivity index (χ3n) is 5.49. The Bertz CT molecular complexity index is 1160. The van der Waals surface area contributed by atoms with Crippen molar-refractivity contribution in [3.63, 3.8) is 0 Å². The molecule has 0 aliphatic rings. The summed E-state index contributed by atoms with van der Waals surface area (Å²) < 4.78 is 11.5. The van der Waals surface area contributed by atoms with Gasteiger partial charge in [0, 0.05) is 17.9 Å². The summed E-state index contributed by atoms with van der Waals surface area (Å²) in [7, 11) is 0. The Balaban J connectivity index is 1.26. The summed E-state index contributed by atoms with van der Waals surface area (Å²) >= 11 is 1.70. The highest BCUT2D eigenvalue weighted by Gasteiger charge is 2.09. The second kappa shape index (κ2) is 13.5. The Morgan fingerprint density at radius 3 is 2.40 bits per heavy atom. The van der Waals surface area contributed by atoms with Crippen molar-refractivity contribution in [1.82, 2.24) is 10.2 Å². The van der Waals surface area contributed by atoms with Crippen LogP contribution in [0.15, 0.2) is 95.4 Å². The highest BCUT2D eigenvalue weighted by molar-refractivity contribution is 7.98. The Labute approximate surface area is 210 Å². The number of hydrogen-bond acceptors (Lipinski definition) is 6. The van der Waals surface area contributed by atoms with Crippen molar-refractivity contribution in [2.45, 2.75) is 18.6 Å². The van der Waals surface area contributed by atoms with E-state index in [4.69, 9.17) is 9.15 Å². The van der Waals surface area contributed by atoms with Gasteiger partial charge in [0.1, 0.15) is 5.75 Å². The van der Waals surface area contributed by atoms with E-state index >= 15 is 0 Å². The molecule has 3 aromatic carbocycles. The predicted octanol–water partition coefficient (Wildman–Crippen LogP) is 6.30. The lowest BCUT2D eigenvalue weighted by Crippen LogP contribution is -2.03. The fraction of sp³-hybridized carbons (Fsp3) is 0.241. The molecule has 0 bridgehead atoms. The van der Waals surface area contributed by atoms with Crippen molar-refractivity contribution >= 4 is 17.8 Å². The van der Waals surface area contributed by atoms with Crippen molar-refractivity contribution in [2.24, 2.45) is 5.92 Å². The van der Waals surface area contributed by atoms with E-state index in [9.17, 15) is 5.11 Å². The van der Waals surface area contributed by atoms with Crippen LogP contribution in [-0.4, -0.2) is 34.3 Å². The third kappa shape index (κ3) is 8.12. The molecule has 35 heavy (non-hydrogen) atoms. The highest BCUT2D eigenvalue weighted by Crippen LogP contribution is 2.22. The SMILES string of the molecule is OCCC(/C=C/c1ccc(-c2nnc(CSCCOc3ccccc3)o2)cc1)Cc1ccccc1. The van der Waals surface area contributed by atoms with Gasteiger partial charge >= 0.3 is 0 Å². The van der Waals surface area contributed by atoms with Crippen LogP contribution < -0.4 is 4.74 Å². The van der Waals surface area contributed by atoms with Crippen LogP contribution in [0.1, 0.15) is 23.4 Å². The Morgan fingerprint density at radius 1 is 0.914 bits per heavy atom. The van der Waals surface area contributed by atoms with Crippen molar-refractivity contribution in [3.05, 3.63) is 108 Å². The summed E-state index contributed by atoms with van der Waals surface area (Å²) in [6, 6.07) is 28.3. The number of thioether (sulfide) groups is 1. The Morgan fingerprint density at radius 2 is 1.66 bits per heavy atom. The number of aliphatic hydroxyl groups excluding tert-OH is 1. The molecule has 6 heteroatoms. The van der Waals surface area contributed by atoms with E-state index in [1.807, 2.05) is 60.7 Å². The molecule has 0 radical (unpaired) electrons. The highest BCUT2D eigenvalue weighted by atomic mass is 32.2. The van der Waals surface area contributed by atoms with E-state index in [0.717, 1.165) is 35.5 Å². The average molecular weight is 487 g/mol. The lowest BCUT2D eigenvalue weighted by molar-refractivity contribution is 0.270. The van der Waals surface area contributed by atoms with Crippen molar-refractivity contribution in [3.8, 4) is 17.2 Å². The van der Waals surface area contributed by atoms with Gasteiger partial charge in [-0.25, -0.2) is 0 Å². The van der Waals surface area contributed by atoms with Gasteiger partial charge in [-0.2, -0.15) is 0 Å². The fourth-order valence-corrected chi connectivity index (χ4v) is 4.29. The summed E-state index contributed by atoms with van der Waals surface area (Å²) in [4.78, 5) is 0. The zero-order valence-corrected chi connectivity index (χ0v) is 20.4. The van der Waals surface area contributed by atoms with Gasteiger partial charge < -0.3 is 14.3 Å². The molecule has 1 aromatic heterocycles. The molecule has 1 heterocycles. The first-order chi connectivity index (χ1) is 17.3. The maximum Gasteiger partial charge on any atom is 0.247 e. The maximum absolute atomic E-state index is 9.44. The summed E-state index contributed by atoms with van der Waals surface area (Å²) in [5.41, 5.74) is 3.27. The number of ether oxygens (including phenoxy) is 1. The first kappa shape index (κ1) is 24.8. The van der Waals surface area contributed by atoms with Gasteiger partial charge in [-0.15, -0.1) is 22.0 Å². The molecule has 0 saturated carbocycles. The molecule has 180 valence electrons. The van der Waals surface area contributed by atoms with E-state index in [2.05, 4.69) is 46.6 Å². The molecule has 1 atom stereocenters. The van der Waals surface area contributed by atoms with E-state index in [1.54, 1.807) is 11.8 Å². The van der Waals surface area contributed by atoms with Crippen molar-refractivity contribution in [2.75, 3.05) is 19.0 Å². The lowest BCUT2D eigenvalue weighted by Gasteiger charge is -2.11. The van der Waals surface area contributed by atoms with E-state index in [-0.39, 0.29) is 12.5 Å². The molecule has 1 unspecified atom stereocenters. The van der Waals surface area contributed by atoms with Gasteiger partial charge in [0.05, 0.1) is 12.4 Å². The number of hydrogen-bond donors (Lipinski definition) is 1. The number of aromatic nitrogens is 2. The van der Waals surface area contributed by atoms with Gasteiger partial charge in [0.15, 0.2) is 0 Å². The summed E-state index contributed by atoms with van der Waals surface area (Å²) in [5, 5.41) is 17.8. The van der Waals surface area contributed by atoms with Crippen molar-refractivity contribution < 1.29 is 14.3 Å². The lowest BCUT2D eigenvalue weighted by atomic mass is 9.95. The first-order valence-corrected chi connectivity index (χ1v) is 13.0. The van der Waals surface area contributed by atoms with Crippen LogP contribution in [0.3, 0.4) is 0 Å². The second-order valence-electron chi connectivity index (χ2n) is 8.16. The van der Waals surface area contributed by atoms with Gasteiger partial charge in [0.25, 0.3) is 0 Å². The molecule has 4 aromatic rings. The molecule has 0 fully saturated rings. The minimum absolute atomic E-state index is 0.179. The summed E-state index contributed by atoms with van der Waals surface area (Å²) in [6.45, 7) is 0.813. The number of rotatable bonds is 13. The van der Waals surface area contributed by atoms with Gasteiger partial charge in [-0.1, -0.05) is 72.8 Å². The molecule has 0 aliphatic heterocycles. The number of aliphatic hydroxyl groups is 1. The Kier molecular flexibility index (Phi) is 9.56. The van der Waals surface area contributed by atoms with E-state index in [1.165, 1.54) is 5.56 Å². The Hall–Kier alpha value is -3.35. The minimum atomic E-state index is 0.179. The molecule has 0 spiro atoms. The minimum Gasteiger partial charge on any atom is -0.493 e. The molecular weight excluding hydrogens is 456 g/mol. The van der Waals surface area contributed by atoms with Gasteiger partial charge in [-0.3, -0.25) is 0 Å². The van der Waals surface area contributed by atoms with Crippen LogP contribution in [0.25, 0.3) is 17.5 Å². The molecule has 0 saturated heterocycles. The number of benzene rings is 3. The number of nitrogens with zero attached hydrogens (tertiary/aromatic N) is 2. The van der Waals surface area contributed by atoms with Crippen LogP contribution >= 0.6 is 11.8 Å². The van der Waals surface area contributed by atoms with E-state index in [0.29, 0.717) is 24.1 Å². The van der Waals surface area contributed by atoms with Crippen LogP contribution in [0, 0.1) is 5.92 Å². The molecule has 4 rings (SSSR count). The van der Waals surface area contributed by atoms with Crippen LogP contribution in [-0.2, 0) is 12.2 Å². The summed E-state index contributed by atoms with van der Waals surface area (Å²) in [5.74, 6) is 3.80. The predicted molar refractivity (Wildman–Crippen MR) is 142 cm³/mol. The molecular formula is C29H30N2O3S. The molecule has 0 aliphatic carbocycles. The van der Waals surface area contributed by atoms with Gasteiger partial charge in [-0.05, 0) is 54.2 Å². The third-order valence-corrected chi connectivity index (χ3v) is 6.40. The molecule has 0 amide bonds. The van der Waals surface area contributed by atoms with Crippen LogP contribution in [0.4, 0.5) is 0 Å². The second-order valence-corrected chi connectivity index (χ2v) is 9.26. The smallest absolute Gasteiger partial charge is 0.247 e. The number of para-hydroxylation sites is 1. The van der Waals surface area contributed by atoms with Crippen LogP contribution in [0.5, 0.6) is 5.75 Å². The topological polar surface area (TPSA) is 68.4 Å². The largest absolute Gasteiger partial charge is 0.493 e. The summed E-state index contributed by atoms with van der Waals surface area (Å²) in [6.07, 6.45) is 5.95. The zero-order chi connectivity index (χ0) is 24.1. The van der Waals surface area contributed by atoms with Crippen molar-refractivity contribution in [1.29, 1.82) is 0 Å². The van der Waals surface area contributed by atoms with Gasteiger partial charge in [0.2, 0.25) is 11.8 Å². The normalized spacial score (nSPS) is 12.1. The molecule has 5 nitrogen and oxygen atoms in total. The first-order valence-electron chi connectivity index (χ1n) is 11.8. The number of allylic oxidation sites excluding steroid dienone is 1. The quantitative estimate of drug-likeness (QED) is 0.224. The average Bonchev–Trinajstić information content (AvgIpc) is 3.38. The maximum atomic E-state index is 9.44. The van der Waals surface area contributed by atoms with Crippen LogP contribution in [0.2, 0.25) is 0 Å². The zero-order valence-electron chi connectivity index (χ0n) is 19.6. The molecule has 1 N–H and O–H groups in total. The fourth-order valence-electron chi connectivity index (χ4n) is 3.66. The standard InChI is InChI=1S/C29H30N2O3S/c32-18-17-25(21-24-7-3-1-4-8-24)12-11-23-13-15-26(16-14-23)29-31-30-28(34-29)22-35-20-19-33-27-9-5-2-6-10-27/h1-16,25,32H,17-22H2/b12-11+. The monoisotopic (exact) mass is 486 g/mol. The van der Waals surface area contributed by atoms with E-state index < -0.39 is 0 Å².